The highest BCUT2D eigenvalue weighted by molar-refractivity contribution is 5.95. The summed E-state index contributed by atoms with van der Waals surface area (Å²) in [4.78, 5) is 26.6. The second-order valence-electron chi connectivity index (χ2n) is 8.86. The zero-order valence-electron chi connectivity index (χ0n) is 20.9. The molecule has 3 aromatic rings. The first-order valence-corrected chi connectivity index (χ1v) is 11.8. The third-order valence-corrected chi connectivity index (χ3v) is 6.26. The molecule has 1 saturated carbocycles. The fraction of sp³-hybridized carbons (Fsp3) is 0.296. The van der Waals surface area contributed by atoms with Crippen molar-refractivity contribution in [1.82, 2.24) is 20.0 Å². The normalized spacial score (nSPS) is 16.8. The van der Waals surface area contributed by atoms with E-state index in [1.165, 1.54) is 13.3 Å². The molecule has 2 atom stereocenters. The number of nitrogens with one attached hydrogen (secondary N) is 2. The molecule has 2 N–H and O–H groups in total. The number of methoxy groups -OCH3 is 1. The highest BCUT2D eigenvalue weighted by Crippen LogP contribution is 2.53. The van der Waals surface area contributed by atoms with Gasteiger partial charge in [-0.25, -0.2) is 15.0 Å². The average molecular weight is 487 g/mol. The smallest absolute Gasteiger partial charge is 0.341 e. The first-order chi connectivity index (χ1) is 17.4. The summed E-state index contributed by atoms with van der Waals surface area (Å²) in [6, 6.07) is 15.3. The van der Waals surface area contributed by atoms with Gasteiger partial charge in [0.25, 0.3) is 5.91 Å². The Morgan fingerprint density at radius 1 is 1.22 bits per heavy atom. The lowest BCUT2D eigenvalue weighted by molar-refractivity contribution is 0.0599. The van der Waals surface area contributed by atoms with Gasteiger partial charge in [-0.2, -0.15) is 10.2 Å². The Morgan fingerprint density at radius 3 is 2.61 bits per heavy atom. The van der Waals surface area contributed by atoms with Crippen LogP contribution in [0.1, 0.15) is 45.7 Å². The zero-order chi connectivity index (χ0) is 25.8. The highest BCUT2D eigenvalue weighted by Gasteiger charge is 2.46. The quantitative estimate of drug-likeness (QED) is 0.339. The van der Waals surface area contributed by atoms with E-state index in [0.29, 0.717) is 16.8 Å². The van der Waals surface area contributed by atoms with Crippen molar-refractivity contribution in [3.8, 4) is 16.8 Å². The number of hydrogen-bond acceptors (Lipinski definition) is 7. The molecule has 0 bridgehead atoms. The Bertz CT molecular complexity index is 1330. The largest absolute Gasteiger partial charge is 0.465 e. The molecule has 1 aliphatic carbocycles. The molecule has 2 unspecified atom stereocenters. The molecule has 1 fully saturated rings. The Labute approximate surface area is 210 Å². The molecule has 9 nitrogen and oxygen atoms in total. The predicted molar refractivity (Wildman–Crippen MR) is 136 cm³/mol. The van der Waals surface area contributed by atoms with E-state index in [1.54, 1.807) is 35.9 Å². The number of carbonyl (C=O) groups is 2. The van der Waals surface area contributed by atoms with Gasteiger partial charge in [-0.1, -0.05) is 24.3 Å². The number of nitrogens with zero attached hydrogens (tertiary/aromatic N) is 4. The van der Waals surface area contributed by atoms with Gasteiger partial charge < -0.3 is 15.0 Å². The summed E-state index contributed by atoms with van der Waals surface area (Å²) in [5.41, 5.74) is 12.6. The minimum absolute atomic E-state index is 0.0114. The molecule has 2 aromatic carbocycles. The van der Waals surface area contributed by atoms with E-state index < -0.39 is 5.97 Å². The van der Waals surface area contributed by atoms with Crippen LogP contribution in [0, 0.1) is 11.4 Å². The molecular weight excluding hydrogens is 456 g/mol. The van der Waals surface area contributed by atoms with Gasteiger partial charge in [0.05, 0.1) is 30.4 Å². The van der Waals surface area contributed by atoms with Crippen molar-refractivity contribution >= 4 is 11.9 Å². The summed E-state index contributed by atoms with van der Waals surface area (Å²) in [5.74, 6) is -0.526. The van der Waals surface area contributed by atoms with Crippen LogP contribution in [0.25, 0.3) is 16.8 Å². The van der Waals surface area contributed by atoms with Crippen molar-refractivity contribution < 1.29 is 14.3 Å². The zero-order valence-corrected chi connectivity index (χ0v) is 20.9. The lowest BCUT2D eigenvalue weighted by Crippen LogP contribution is -2.21. The van der Waals surface area contributed by atoms with E-state index in [1.807, 2.05) is 49.4 Å². The van der Waals surface area contributed by atoms with Crippen molar-refractivity contribution in [3.05, 3.63) is 83.4 Å². The Morgan fingerprint density at radius 2 is 1.94 bits per heavy atom. The van der Waals surface area contributed by atoms with E-state index in [0.717, 1.165) is 35.5 Å². The van der Waals surface area contributed by atoms with E-state index in [2.05, 4.69) is 15.5 Å². The van der Waals surface area contributed by atoms with Crippen molar-refractivity contribution in [2.24, 2.45) is 11.0 Å². The first kappa shape index (κ1) is 24.8. The Kier molecular flexibility index (Phi) is 7.28. The van der Waals surface area contributed by atoms with Crippen molar-refractivity contribution in [2.45, 2.75) is 19.3 Å². The fourth-order valence-corrected chi connectivity index (χ4v) is 4.35. The van der Waals surface area contributed by atoms with Gasteiger partial charge in [0.15, 0.2) is 0 Å². The lowest BCUT2D eigenvalue weighted by atomic mass is 10.0. The number of rotatable bonds is 9. The van der Waals surface area contributed by atoms with Gasteiger partial charge in [-0.3, -0.25) is 4.79 Å². The molecule has 0 saturated heterocycles. The lowest BCUT2D eigenvalue weighted by Gasteiger charge is -2.13. The van der Waals surface area contributed by atoms with Crippen molar-refractivity contribution in [2.75, 3.05) is 27.7 Å². The SMILES string of the molecule is CCN/C=C(\N=N)C1CC1c1c(C(=O)OC)cnn1-c1cccc(-c2cccc(C(=O)N(C)C)c2)c1. The maximum Gasteiger partial charge on any atom is 0.341 e. The standard InChI is InChI=1S/C27H30N6O3/c1-5-29-16-24(31-28)21-14-22(21)25-23(27(35)36-4)15-30-33(25)20-11-7-9-18(13-20)17-8-6-10-19(12-17)26(34)32(2)3/h6-13,15-16,21-22,28-29H,5,14H2,1-4H3/b24-16-,31-28?. The van der Waals surface area contributed by atoms with Crippen LogP contribution in [0.15, 0.2) is 71.7 Å². The van der Waals surface area contributed by atoms with Crippen LogP contribution in [0.4, 0.5) is 0 Å². The third kappa shape index (κ3) is 4.91. The molecule has 0 aliphatic heterocycles. The number of allylic oxidation sites excluding steroid dienone is 1. The van der Waals surface area contributed by atoms with Crippen LogP contribution < -0.4 is 5.32 Å². The summed E-state index contributed by atoms with van der Waals surface area (Å²) in [6.07, 6.45) is 4.05. The first-order valence-electron chi connectivity index (χ1n) is 11.8. The number of amides is 1. The number of carbonyl (C=O) groups excluding carboxylic acids is 2. The van der Waals surface area contributed by atoms with Gasteiger partial charge >= 0.3 is 5.97 Å². The van der Waals surface area contributed by atoms with Crippen LogP contribution in [-0.4, -0.2) is 54.3 Å². The van der Waals surface area contributed by atoms with E-state index >= 15 is 0 Å². The van der Waals surface area contributed by atoms with Gasteiger partial charge in [0.2, 0.25) is 0 Å². The maximum atomic E-state index is 12.6. The van der Waals surface area contributed by atoms with Crippen LogP contribution in [-0.2, 0) is 4.74 Å². The molecule has 0 radical (unpaired) electrons. The monoisotopic (exact) mass is 486 g/mol. The minimum Gasteiger partial charge on any atom is -0.465 e. The molecule has 9 heteroatoms. The van der Waals surface area contributed by atoms with Gasteiger partial charge in [0, 0.05) is 44.2 Å². The number of hydrogen-bond donors (Lipinski definition) is 2. The average Bonchev–Trinajstić information content (AvgIpc) is 3.56. The molecular formula is C27H30N6O3. The Hall–Kier alpha value is -4.27. The maximum absolute atomic E-state index is 12.6. The second kappa shape index (κ2) is 10.6. The molecule has 36 heavy (non-hydrogen) atoms. The third-order valence-electron chi connectivity index (χ3n) is 6.26. The fourth-order valence-electron chi connectivity index (χ4n) is 4.35. The number of benzene rings is 2. The summed E-state index contributed by atoms with van der Waals surface area (Å²) in [7, 11) is 4.81. The van der Waals surface area contributed by atoms with E-state index in [4.69, 9.17) is 10.3 Å². The number of aromatic nitrogens is 2. The summed E-state index contributed by atoms with van der Waals surface area (Å²) >= 11 is 0. The molecule has 1 aliphatic rings. The van der Waals surface area contributed by atoms with Crippen LogP contribution in [0.3, 0.4) is 0 Å². The molecule has 1 amide bonds. The van der Waals surface area contributed by atoms with Crippen LogP contribution >= 0.6 is 0 Å². The second-order valence-corrected chi connectivity index (χ2v) is 8.86. The summed E-state index contributed by atoms with van der Waals surface area (Å²) < 4.78 is 6.79. The molecule has 1 heterocycles. The molecule has 1 aromatic heterocycles. The van der Waals surface area contributed by atoms with Gasteiger partial charge in [-0.05, 0) is 48.7 Å². The molecule has 0 spiro atoms. The van der Waals surface area contributed by atoms with Crippen molar-refractivity contribution in [1.29, 1.82) is 5.53 Å². The number of esters is 1. The Balaban J connectivity index is 1.74. The van der Waals surface area contributed by atoms with E-state index in [-0.39, 0.29) is 17.7 Å². The van der Waals surface area contributed by atoms with Crippen LogP contribution in [0.2, 0.25) is 0 Å². The summed E-state index contributed by atoms with van der Waals surface area (Å²) in [5, 5.41) is 11.4. The topological polar surface area (TPSA) is 113 Å². The molecule has 186 valence electrons. The molecule has 4 rings (SSSR count). The van der Waals surface area contributed by atoms with Gasteiger partial charge in [0.1, 0.15) is 5.56 Å². The highest BCUT2D eigenvalue weighted by atomic mass is 16.5. The number of ether oxygens (including phenoxy) is 1. The van der Waals surface area contributed by atoms with Crippen LogP contribution in [0.5, 0.6) is 0 Å². The van der Waals surface area contributed by atoms with Crippen molar-refractivity contribution in [3.63, 3.8) is 0 Å². The predicted octanol–water partition coefficient (Wildman–Crippen LogP) is 4.61. The van der Waals surface area contributed by atoms with Gasteiger partial charge in [-0.15, -0.1) is 0 Å². The minimum atomic E-state index is -0.451. The summed E-state index contributed by atoms with van der Waals surface area (Å²) in [6.45, 7) is 2.71. The van der Waals surface area contributed by atoms with E-state index in [9.17, 15) is 9.59 Å².